The summed E-state index contributed by atoms with van der Waals surface area (Å²) in [6, 6.07) is 0.156. The van der Waals surface area contributed by atoms with Gasteiger partial charge in [-0.3, -0.25) is 19.2 Å². The first-order valence-corrected chi connectivity index (χ1v) is 16.1. The zero-order valence-corrected chi connectivity index (χ0v) is 26.5. The number of unbranched alkanes of at least 4 members (excludes halogenated alkanes) is 2. The number of aromatic hydroxyl groups is 1. The molecule has 0 bridgehead atoms. The fourth-order valence-electron chi connectivity index (χ4n) is 6.01. The number of nitrogens with one attached hydrogen (secondary N) is 2. The van der Waals surface area contributed by atoms with E-state index in [2.05, 4.69) is 10.6 Å². The fraction of sp³-hybridized carbons (Fsp3) is 0.645. The van der Waals surface area contributed by atoms with Crippen LogP contribution in [0.1, 0.15) is 56.9 Å². The molecule has 2 aliphatic rings. The number of carbonyl (C=O) groups excluding carboxylic acids is 4. The summed E-state index contributed by atoms with van der Waals surface area (Å²) in [6.07, 6.45) is 0.379. The Morgan fingerprint density at radius 1 is 0.766 bits per heavy atom. The number of β-amino-alcohol motifs (C(OH)–C–C–N with tert-alkyl or cyclic N) is 2. The number of hydrogen-bond donors (Lipinski definition) is 9. The topological polar surface area (TPSA) is 275 Å². The summed E-state index contributed by atoms with van der Waals surface area (Å²) < 4.78 is 0. The first-order valence-electron chi connectivity index (χ1n) is 16.1. The van der Waals surface area contributed by atoms with Gasteiger partial charge in [-0.05, 0) is 62.9 Å². The Hall–Kier alpha value is -3.83. The van der Waals surface area contributed by atoms with Gasteiger partial charge in [-0.25, -0.2) is 4.79 Å². The van der Waals surface area contributed by atoms with Crippen LogP contribution in [0.15, 0.2) is 24.3 Å². The lowest BCUT2D eigenvalue weighted by Gasteiger charge is -2.31. The van der Waals surface area contributed by atoms with Crippen LogP contribution >= 0.6 is 0 Å². The molecule has 16 heteroatoms. The number of benzene rings is 1. The molecular weight excluding hydrogens is 614 g/mol. The van der Waals surface area contributed by atoms with Crippen LogP contribution in [0.3, 0.4) is 0 Å². The number of carboxylic acid groups (broad SMARTS) is 1. The average molecular weight is 664 g/mol. The molecule has 2 aliphatic heterocycles. The first kappa shape index (κ1) is 37.6. The molecule has 0 aromatic heterocycles. The standard InChI is InChI=1S/C31H49N7O9/c32-11-3-1-5-22(34)29(44)37-16-20(40)14-25(37)28(43)36-24(13-18-7-9-19(39)10-8-18)30(45)38-17-21(41)15-26(38)27(42)35-23(31(46)47)6-2-4-12-33/h7-10,20-26,39-41H,1-6,11-17,32-34H2,(H,35,42)(H,36,43)(H,46,47)/t20-,21-,22+,23+,24+,25+,26+/m1/s1. The second-order valence-corrected chi connectivity index (χ2v) is 12.3. The van der Waals surface area contributed by atoms with Crippen LogP contribution in [0.2, 0.25) is 0 Å². The maximum absolute atomic E-state index is 14.1. The molecule has 3 rings (SSSR count). The van der Waals surface area contributed by atoms with Gasteiger partial charge in [-0.2, -0.15) is 0 Å². The van der Waals surface area contributed by atoms with Crippen molar-refractivity contribution in [3.63, 3.8) is 0 Å². The number of rotatable bonds is 17. The van der Waals surface area contributed by atoms with Crippen molar-refractivity contribution in [2.75, 3.05) is 26.2 Å². The number of nitrogens with two attached hydrogens (primary N) is 3. The zero-order valence-electron chi connectivity index (χ0n) is 26.5. The molecule has 4 amide bonds. The van der Waals surface area contributed by atoms with Gasteiger partial charge in [0.1, 0.15) is 29.9 Å². The monoisotopic (exact) mass is 663 g/mol. The molecular formula is C31H49N7O9. The summed E-state index contributed by atoms with van der Waals surface area (Å²) in [7, 11) is 0. The Balaban J connectivity index is 1.83. The van der Waals surface area contributed by atoms with Crippen LogP contribution < -0.4 is 27.8 Å². The maximum Gasteiger partial charge on any atom is 0.326 e. The van der Waals surface area contributed by atoms with Crippen molar-refractivity contribution in [3.05, 3.63) is 29.8 Å². The quantitative estimate of drug-likeness (QED) is 0.0783. The van der Waals surface area contributed by atoms with Crippen molar-refractivity contribution in [1.82, 2.24) is 20.4 Å². The molecule has 0 saturated carbocycles. The smallest absolute Gasteiger partial charge is 0.326 e. The molecule has 1 aromatic rings. The molecule has 0 aliphatic carbocycles. The van der Waals surface area contributed by atoms with Gasteiger partial charge < -0.3 is 58.1 Å². The summed E-state index contributed by atoms with van der Waals surface area (Å²) in [6.45, 7) is 0.442. The van der Waals surface area contributed by atoms with Gasteiger partial charge in [0.15, 0.2) is 0 Å². The molecule has 7 atom stereocenters. The second kappa shape index (κ2) is 17.9. The number of likely N-dealkylation sites (tertiary alicyclic amines) is 2. The molecule has 2 heterocycles. The van der Waals surface area contributed by atoms with E-state index in [1.807, 2.05) is 0 Å². The minimum atomic E-state index is -1.29. The number of phenolic OH excluding ortho intramolecular Hbond substituents is 1. The number of hydrogen-bond acceptors (Lipinski definition) is 11. The van der Waals surface area contributed by atoms with E-state index in [9.17, 15) is 44.4 Å². The third kappa shape index (κ3) is 10.6. The SMILES string of the molecule is NCCCC[C@H](NC(=O)[C@@H]1C[C@@H](O)CN1C(=O)[C@H](Cc1ccc(O)cc1)NC(=O)[C@@H]1C[C@@H](O)CN1C(=O)[C@@H](N)CCCCN)C(=O)O. The summed E-state index contributed by atoms with van der Waals surface area (Å²) in [5.74, 6) is -3.97. The Morgan fingerprint density at radius 3 is 1.77 bits per heavy atom. The van der Waals surface area contributed by atoms with E-state index in [4.69, 9.17) is 17.2 Å². The fourth-order valence-corrected chi connectivity index (χ4v) is 6.01. The molecule has 0 radical (unpaired) electrons. The number of aliphatic hydroxyl groups excluding tert-OH is 2. The second-order valence-electron chi connectivity index (χ2n) is 12.3. The van der Waals surface area contributed by atoms with Gasteiger partial charge in [0.05, 0.1) is 18.2 Å². The molecule has 0 spiro atoms. The first-order chi connectivity index (χ1) is 22.4. The van der Waals surface area contributed by atoms with E-state index < -0.39 is 72.0 Å². The number of amides is 4. The predicted molar refractivity (Wildman–Crippen MR) is 169 cm³/mol. The van der Waals surface area contributed by atoms with Crippen molar-refractivity contribution in [1.29, 1.82) is 0 Å². The largest absolute Gasteiger partial charge is 0.508 e. The van der Waals surface area contributed by atoms with E-state index in [0.717, 1.165) is 4.90 Å². The molecule has 262 valence electrons. The predicted octanol–water partition coefficient (Wildman–Crippen LogP) is -2.50. The van der Waals surface area contributed by atoms with Gasteiger partial charge in [0, 0.05) is 32.4 Å². The minimum absolute atomic E-state index is 0.0172. The van der Waals surface area contributed by atoms with Crippen molar-refractivity contribution < 1.29 is 44.4 Å². The maximum atomic E-state index is 14.1. The summed E-state index contributed by atoms with van der Waals surface area (Å²) in [5, 5.41) is 45.4. The highest BCUT2D eigenvalue weighted by Crippen LogP contribution is 2.24. The van der Waals surface area contributed by atoms with Gasteiger partial charge in [-0.15, -0.1) is 0 Å². The van der Waals surface area contributed by atoms with Gasteiger partial charge in [0.25, 0.3) is 0 Å². The summed E-state index contributed by atoms with van der Waals surface area (Å²) >= 11 is 0. The average Bonchev–Trinajstić information content (AvgIpc) is 3.63. The summed E-state index contributed by atoms with van der Waals surface area (Å²) in [5.41, 5.74) is 17.7. The lowest BCUT2D eigenvalue weighted by atomic mass is 10.0. The normalized spacial score (nSPS) is 22.8. The zero-order chi connectivity index (χ0) is 34.7. The molecule has 2 fully saturated rings. The Labute approximate surface area is 273 Å². The van der Waals surface area contributed by atoms with E-state index in [1.54, 1.807) is 12.1 Å². The van der Waals surface area contributed by atoms with E-state index >= 15 is 0 Å². The summed E-state index contributed by atoms with van der Waals surface area (Å²) in [4.78, 5) is 68.4. The van der Waals surface area contributed by atoms with Crippen LogP contribution in [-0.2, 0) is 30.4 Å². The van der Waals surface area contributed by atoms with Crippen molar-refractivity contribution in [2.45, 2.75) is 100 Å². The van der Waals surface area contributed by atoms with Crippen LogP contribution in [0.5, 0.6) is 5.75 Å². The molecule has 2 saturated heterocycles. The van der Waals surface area contributed by atoms with Crippen molar-refractivity contribution >= 4 is 29.6 Å². The van der Waals surface area contributed by atoms with E-state index in [-0.39, 0.29) is 44.5 Å². The highest BCUT2D eigenvalue weighted by molar-refractivity contribution is 5.96. The molecule has 47 heavy (non-hydrogen) atoms. The number of aliphatic hydroxyl groups is 2. The number of aliphatic carboxylic acids is 1. The van der Waals surface area contributed by atoms with Gasteiger partial charge in [0.2, 0.25) is 23.6 Å². The molecule has 0 unspecified atom stereocenters. The Kier molecular flexibility index (Phi) is 14.3. The molecule has 16 nitrogen and oxygen atoms in total. The van der Waals surface area contributed by atoms with E-state index in [1.165, 1.54) is 17.0 Å². The number of phenols is 1. The van der Waals surface area contributed by atoms with Crippen LogP contribution in [0, 0.1) is 0 Å². The van der Waals surface area contributed by atoms with Crippen LogP contribution in [0.25, 0.3) is 0 Å². The third-order valence-corrected chi connectivity index (χ3v) is 8.57. The van der Waals surface area contributed by atoms with Crippen molar-refractivity contribution in [2.24, 2.45) is 17.2 Å². The Bertz CT molecular complexity index is 1230. The van der Waals surface area contributed by atoms with E-state index in [0.29, 0.717) is 50.8 Å². The highest BCUT2D eigenvalue weighted by Gasteiger charge is 2.45. The molecule has 1 aromatic carbocycles. The number of carbonyl (C=O) groups is 5. The van der Waals surface area contributed by atoms with Crippen molar-refractivity contribution in [3.8, 4) is 5.75 Å². The third-order valence-electron chi connectivity index (χ3n) is 8.57. The van der Waals surface area contributed by atoms with Gasteiger partial charge in [-0.1, -0.05) is 18.6 Å². The molecule has 12 N–H and O–H groups in total. The number of nitrogens with zero attached hydrogens (tertiary/aromatic N) is 2. The Morgan fingerprint density at radius 2 is 1.26 bits per heavy atom. The van der Waals surface area contributed by atoms with Crippen LogP contribution in [-0.4, -0.2) is 128 Å². The number of carboxylic acids is 1. The van der Waals surface area contributed by atoms with Crippen LogP contribution in [0.4, 0.5) is 0 Å². The van der Waals surface area contributed by atoms with Gasteiger partial charge >= 0.3 is 5.97 Å². The lowest BCUT2D eigenvalue weighted by molar-refractivity contribution is -0.145. The highest BCUT2D eigenvalue weighted by atomic mass is 16.4. The minimum Gasteiger partial charge on any atom is -0.508 e. The lowest BCUT2D eigenvalue weighted by Crippen LogP contribution is -2.58.